The second-order valence-electron chi connectivity index (χ2n) is 2.12. The van der Waals surface area contributed by atoms with Gasteiger partial charge in [-0.2, -0.15) is 0 Å². The predicted octanol–water partition coefficient (Wildman–Crippen LogP) is 2.38. The molecule has 0 amide bonds. The van der Waals surface area contributed by atoms with E-state index in [9.17, 15) is 4.79 Å². The standard InChI is InChI=1S/C8H6Cl2NO2/c1-2-13-8(12)5-4-11-7(10)3-6(5)9/h3-4H,1-2H2/q+1. The maximum absolute atomic E-state index is 11.1. The molecule has 0 saturated carbocycles. The van der Waals surface area contributed by atoms with E-state index in [1.54, 1.807) is 0 Å². The predicted molar refractivity (Wildman–Crippen MR) is 49.9 cm³/mol. The number of nitrogens with zero attached hydrogens (tertiary/aromatic N) is 1. The highest BCUT2D eigenvalue weighted by molar-refractivity contribution is 6.35. The summed E-state index contributed by atoms with van der Waals surface area (Å²) in [6, 6.07) is 1.38. The number of pyridine rings is 1. The van der Waals surface area contributed by atoms with Crippen LogP contribution in [0, 0.1) is 6.92 Å². The maximum Gasteiger partial charge on any atom is 0.344 e. The number of ether oxygens (including phenoxy) is 1. The van der Waals surface area contributed by atoms with E-state index >= 15 is 0 Å². The molecule has 3 nitrogen and oxygen atoms in total. The van der Waals surface area contributed by atoms with E-state index in [1.165, 1.54) is 12.3 Å². The second-order valence-corrected chi connectivity index (χ2v) is 2.92. The lowest BCUT2D eigenvalue weighted by atomic mass is 10.3. The van der Waals surface area contributed by atoms with Gasteiger partial charge in [0.1, 0.15) is 12.1 Å². The summed E-state index contributed by atoms with van der Waals surface area (Å²) in [6.07, 6.45) is 1.27. The first-order valence-corrected chi connectivity index (χ1v) is 4.18. The van der Waals surface area contributed by atoms with Gasteiger partial charge in [0.05, 0.1) is 10.6 Å². The minimum absolute atomic E-state index is 0.0534. The topological polar surface area (TPSA) is 39.2 Å². The van der Waals surface area contributed by atoms with Gasteiger partial charge < -0.3 is 4.74 Å². The first-order chi connectivity index (χ1) is 6.15. The van der Waals surface area contributed by atoms with Crippen LogP contribution in [0.1, 0.15) is 10.4 Å². The summed E-state index contributed by atoms with van der Waals surface area (Å²) in [5, 5.41) is 0.453. The monoisotopic (exact) mass is 218 g/mol. The van der Waals surface area contributed by atoms with Crippen molar-refractivity contribution in [2.24, 2.45) is 0 Å². The Labute approximate surface area is 85.6 Å². The molecule has 0 saturated heterocycles. The number of hydrogen-bond donors (Lipinski definition) is 0. The molecule has 0 aromatic carbocycles. The summed E-state index contributed by atoms with van der Waals surface area (Å²) in [5.41, 5.74) is 0.190. The molecule has 13 heavy (non-hydrogen) atoms. The zero-order valence-corrected chi connectivity index (χ0v) is 8.10. The minimum atomic E-state index is -0.552. The van der Waals surface area contributed by atoms with Crippen LogP contribution < -0.4 is 0 Å². The first kappa shape index (κ1) is 10.2. The van der Waals surface area contributed by atoms with E-state index in [4.69, 9.17) is 23.2 Å². The fraction of sp³-hybridized carbons (Fsp3) is 0.125. The summed E-state index contributed by atoms with van der Waals surface area (Å²) >= 11 is 11.3. The summed E-state index contributed by atoms with van der Waals surface area (Å²) in [4.78, 5) is 14.9. The van der Waals surface area contributed by atoms with Crippen LogP contribution in [0.15, 0.2) is 12.3 Å². The number of esters is 1. The minimum Gasteiger partial charge on any atom is -0.420 e. The van der Waals surface area contributed by atoms with Gasteiger partial charge in [-0.1, -0.05) is 23.2 Å². The maximum atomic E-state index is 11.1. The molecule has 1 aromatic heterocycles. The lowest BCUT2D eigenvalue weighted by Gasteiger charge is -2.00. The van der Waals surface area contributed by atoms with Crippen molar-refractivity contribution >= 4 is 29.2 Å². The van der Waals surface area contributed by atoms with Gasteiger partial charge in [-0.25, -0.2) is 9.78 Å². The molecule has 68 valence electrons. The molecular formula is C8H6Cl2NO2+. The number of carbonyl (C=O) groups is 1. The molecule has 1 heterocycles. The summed E-state index contributed by atoms with van der Waals surface area (Å²) in [7, 11) is 0. The molecule has 1 aromatic rings. The van der Waals surface area contributed by atoms with Crippen molar-refractivity contribution in [1.29, 1.82) is 0 Å². The fourth-order valence-corrected chi connectivity index (χ4v) is 1.17. The van der Waals surface area contributed by atoms with E-state index in [1.807, 2.05) is 0 Å². The van der Waals surface area contributed by atoms with Crippen molar-refractivity contribution in [3.8, 4) is 0 Å². The number of carbonyl (C=O) groups excluding carboxylic acids is 1. The summed E-state index contributed by atoms with van der Waals surface area (Å²) < 4.78 is 4.63. The van der Waals surface area contributed by atoms with Gasteiger partial charge in [0, 0.05) is 6.20 Å². The normalized spacial score (nSPS) is 9.69. The van der Waals surface area contributed by atoms with Crippen molar-refractivity contribution in [1.82, 2.24) is 4.98 Å². The molecule has 5 heteroatoms. The Morgan fingerprint density at radius 3 is 2.85 bits per heavy atom. The number of aromatic nitrogens is 1. The van der Waals surface area contributed by atoms with Crippen LogP contribution in [-0.2, 0) is 4.74 Å². The second kappa shape index (κ2) is 4.35. The van der Waals surface area contributed by atoms with Crippen molar-refractivity contribution in [2.45, 2.75) is 0 Å². The Balaban J connectivity index is 2.95. The number of rotatable bonds is 2. The van der Waals surface area contributed by atoms with Gasteiger partial charge in [-0.05, 0) is 6.07 Å². The van der Waals surface area contributed by atoms with E-state index < -0.39 is 5.97 Å². The molecule has 0 fully saturated rings. The van der Waals surface area contributed by atoms with Crippen molar-refractivity contribution in [3.63, 3.8) is 0 Å². The molecule has 0 aliphatic rings. The highest BCUT2D eigenvalue weighted by Crippen LogP contribution is 2.19. The van der Waals surface area contributed by atoms with Gasteiger partial charge in [-0.15, -0.1) is 0 Å². The lowest BCUT2D eigenvalue weighted by molar-refractivity contribution is 0.0547. The Morgan fingerprint density at radius 2 is 2.31 bits per heavy atom. The average Bonchev–Trinajstić information content (AvgIpc) is 2.04. The third kappa shape index (κ3) is 2.50. The molecule has 0 aliphatic heterocycles. The summed E-state index contributed by atoms with van der Waals surface area (Å²) in [5.74, 6) is -0.552. The van der Waals surface area contributed by atoms with Crippen LogP contribution in [-0.4, -0.2) is 17.6 Å². The molecule has 0 spiro atoms. The van der Waals surface area contributed by atoms with Crippen LogP contribution >= 0.6 is 23.2 Å². The van der Waals surface area contributed by atoms with Gasteiger partial charge >= 0.3 is 5.97 Å². The third-order valence-electron chi connectivity index (χ3n) is 1.27. The lowest BCUT2D eigenvalue weighted by Crippen LogP contribution is -2.05. The zero-order chi connectivity index (χ0) is 9.84. The molecule has 0 unspecified atom stereocenters. The van der Waals surface area contributed by atoms with E-state index in [0.717, 1.165) is 0 Å². The van der Waals surface area contributed by atoms with E-state index in [-0.39, 0.29) is 22.3 Å². The molecule has 0 bridgehead atoms. The Hall–Kier alpha value is -0.930. The SMILES string of the molecule is [CH2+]COC(=O)c1cnc(Cl)cc1Cl. The van der Waals surface area contributed by atoms with Crippen molar-refractivity contribution in [3.05, 3.63) is 34.9 Å². The van der Waals surface area contributed by atoms with Crippen LogP contribution in [0.5, 0.6) is 0 Å². The van der Waals surface area contributed by atoms with Crippen LogP contribution in [0.3, 0.4) is 0 Å². The smallest absolute Gasteiger partial charge is 0.344 e. The van der Waals surface area contributed by atoms with Gasteiger partial charge in [0.25, 0.3) is 0 Å². The van der Waals surface area contributed by atoms with Crippen molar-refractivity contribution < 1.29 is 9.53 Å². The fourth-order valence-electron chi connectivity index (χ4n) is 0.728. The number of hydrogen-bond acceptors (Lipinski definition) is 3. The van der Waals surface area contributed by atoms with Crippen LogP contribution in [0.2, 0.25) is 10.2 Å². The van der Waals surface area contributed by atoms with Crippen LogP contribution in [0.25, 0.3) is 0 Å². The quantitative estimate of drug-likeness (QED) is 0.435. The van der Waals surface area contributed by atoms with E-state index in [0.29, 0.717) is 0 Å². The van der Waals surface area contributed by atoms with Gasteiger partial charge in [0.2, 0.25) is 6.61 Å². The highest BCUT2D eigenvalue weighted by Gasteiger charge is 2.12. The molecule has 0 aliphatic carbocycles. The third-order valence-corrected chi connectivity index (χ3v) is 1.79. The summed E-state index contributed by atoms with van der Waals surface area (Å²) in [6.45, 7) is 3.42. The Bertz CT molecular complexity index is 328. The zero-order valence-electron chi connectivity index (χ0n) is 6.59. The van der Waals surface area contributed by atoms with Gasteiger partial charge in [0.15, 0.2) is 0 Å². The Kier molecular flexibility index (Phi) is 3.39. The molecule has 0 atom stereocenters. The highest BCUT2D eigenvalue weighted by atomic mass is 35.5. The average molecular weight is 219 g/mol. The van der Waals surface area contributed by atoms with Crippen LogP contribution in [0.4, 0.5) is 0 Å². The molecule has 0 N–H and O–H groups in total. The van der Waals surface area contributed by atoms with Gasteiger partial charge in [-0.3, -0.25) is 0 Å². The first-order valence-electron chi connectivity index (χ1n) is 3.42. The number of halogens is 2. The molecular weight excluding hydrogens is 213 g/mol. The largest absolute Gasteiger partial charge is 0.420 e. The van der Waals surface area contributed by atoms with Crippen molar-refractivity contribution in [2.75, 3.05) is 6.61 Å². The molecule has 0 radical (unpaired) electrons. The Morgan fingerprint density at radius 1 is 1.62 bits per heavy atom. The molecule has 1 rings (SSSR count). The van der Waals surface area contributed by atoms with E-state index in [2.05, 4.69) is 16.6 Å².